The van der Waals surface area contributed by atoms with Crippen molar-refractivity contribution in [2.75, 3.05) is 13.2 Å². The molecule has 0 aromatic heterocycles. The number of amides is 1. The minimum atomic E-state index is -0.840. The number of hydrogen-bond acceptors (Lipinski definition) is 5. The van der Waals surface area contributed by atoms with E-state index in [2.05, 4.69) is 31.3 Å². The second-order valence-electron chi connectivity index (χ2n) is 20.7. The summed E-state index contributed by atoms with van der Waals surface area (Å²) in [5.41, 5.74) is 0. The molecule has 0 fully saturated rings. The molecule has 6 heteroatoms. The Kier molecular flexibility index (Phi) is 55.5. The average molecular weight is 945 g/mol. The van der Waals surface area contributed by atoms with Gasteiger partial charge in [-0.1, -0.05) is 282 Å². The average Bonchev–Trinajstić information content (AvgIpc) is 3.33. The third-order valence-corrected chi connectivity index (χ3v) is 14.0. The van der Waals surface area contributed by atoms with Crippen LogP contribution in [0, 0.1) is 0 Å². The number of nitrogens with one attached hydrogen (secondary N) is 1. The number of allylic oxidation sites excluding steroid dienone is 3. The van der Waals surface area contributed by atoms with Gasteiger partial charge in [0.05, 0.1) is 25.4 Å². The Morgan fingerprint density at radius 1 is 0.403 bits per heavy atom. The molecular weight excluding hydrogens is 827 g/mol. The molecule has 0 rings (SSSR count). The summed E-state index contributed by atoms with van der Waals surface area (Å²) in [6.07, 6.45) is 69.4. The Morgan fingerprint density at radius 2 is 0.701 bits per heavy atom. The first-order valence-electron chi connectivity index (χ1n) is 30.1. The molecule has 2 unspecified atom stereocenters. The van der Waals surface area contributed by atoms with Gasteiger partial charge >= 0.3 is 5.97 Å². The van der Waals surface area contributed by atoms with Crippen molar-refractivity contribution in [1.82, 2.24) is 5.32 Å². The monoisotopic (exact) mass is 944 g/mol. The number of hydrogen-bond donors (Lipinski definition) is 3. The molecule has 0 radical (unpaired) electrons. The molecule has 396 valence electrons. The van der Waals surface area contributed by atoms with Crippen molar-refractivity contribution < 1.29 is 24.5 Å². The van der Waals surface area contributed by atoms with Gasteiger partial charge in [-0.2, -0.15) is 0 Å². The van der Waals surface area contributed by atoms with E-state index in [4.69, 9.17) is 4.74 Å². The van der Waals surface area contributed by atoms with E-state index in [-0.39, 0.29) is 18.5 Å². The van der Waals surface area contributed by atoms with Crippen LogP contribution in [0.25, 0.3) is 0 Å². The number of aliphatic hydroxyl groups is 2. The first-order valence-corrected chi connectivity index (χ1v) is 30.1. The van der Waals surface area contributed by atoms with E-state index in [1.165, 1.54) is 257 Å². The van der Waals surface area contributed by atoms with Crippen LogP contribution in [0.2, 0.25) is 0 Å². The maximum Gasteiger partial charge on any atom is 0.305 e. The van der Waals surface area contributed by atoms with Gasteiger partial charge in [-0.25, -0.2) is 0 Å². The summed E-state index contributed by atoms with van der Waals surface area (Å²) >= 11 is 0. The highest BCUT2D eigenvalue weighted by Gasteiger charge is 2.18. The van der Waals surface area contributed by atoms with Gasteiger partial charge in [0.25, 0.3) is 0 Å². The Morgan fingerprint density at radius 3 is 1.06 bits per heavy atom. The van der Waals surface area contributed by atoms with E-state index in [1.807, 2.05) is 6.08 Å². The maximum atomic E-state index is 12.4. The predicted octanol–water partition coefficient (Wildman–Crippen LogP) is 18.6. The summed E-state index contributed by atoms with van der Waals surface area (Å²) in [6.45, 7) is 4.88. The van der Waals surface area contributed by atoms with Crippen molar-refractivity contribution in [3.63, 3.8) is 0 Å². The number of aliphatic hydroxyl groups excluding tert-OH is 2. The van der Waals surface area contributed by atoms with Crippen LogP contribution in [0.1, 0.15) is 328 Å². The van der Waals surface area contributed by atoms with Gasteiger partial charge in [0.15, 0.2) is 0 Å². The van der Waals surface area contributed by atoms with Crippen molar-refractivity contribution in [3.8, 4) is 0 Å². The molecule has 3 N–H and O–H groups in total. The smallest absolute Gasteiger partial charge is 0.305 e. The lowest BCUT2D eigenvalue weighted by Crippen LogP contribution is -2.45. The fourth-order valence-electron chi connectivity index (χ4n) is 9.34. The number of carbonyl (C=O) groups excluding carboxylic acids is 2. The van der Waals surface area contributed by atoms with Gasteiger partial charge < -0.3 is 20.3 Å². The molecule has 1 amide bonds. The summed E-state index contributed by atoms with van der Waals surface area (Å²) < 4.78 is 5.49. The zero-order valence-electron chi connectivity index (χ0n) is 45.1. The highest BCUT2D eigenvalue weighted by Crippen LogP contribution is 2.17. The summed E-state index contributed by atoms with van der Waals surface area (Å²) in [5.74, 6) is -0.0597. The van der Waals surface area contributed by atoms with E-state index in [9.17, 15) is 19.8 Å². The highest BCUT2D eigenvalue weighted by molar-refractivity contribution is 5.76. The molecular formula is C61H117NO5. The molecule has 0 aromatic rings. The maximum absolute atomic E-state index is 12.4. The Balaban J connectivity index is 3.33. The molecule has 0 saturated heterocycles. The molecule has 0 bridgehead atoms. The van der Waals surface area contributed by atoms with Gasteiger partial charge in [-0.15, -0.1) is 0 Å². The predicted molar refractivity (Wildman–Crippen MR) is 292 cm³/mol. The molecule has 0 aromatic carbocycles. The van der Waals surface area contributed by atoms with Crippen LogP contribution in [0.4, 0.5) is 0 Å². The normalized spacial score (nSPS) is 12.7. The molecule has 67 heavy (non-hydrogen) atoms. The summed E-state index contributed by atoms with van der Waals surface area (Å²) in [4.78, 5) is 24.4. The van der Waals surface area contributed by atoms with Crippen LogP contribution in [-0.4, -0.2) is 47.4 Å². The third kappa shape index (κ3) is 53.5. The second kappa shape index (κ2) is 56.9. The molecule has 0 heterocycles. The van der Waals surface area contributed by atoms with E-state index in [0.29, 0.717) is 19.4 Å². The summed E-state index contributed by atoms with van der Waals surface area (Å²) in [7, 11) is 0. The number of ether oxygens (including phenoxy) is 1. The van der Waals surface area contributed by atoms with Crippen molar-refractivity contribution >= 4 is 11.9 Å². The fraction of sp³-hybridized carbons (Fsp3) is 0.902. The quantitative estimate of drug-likeness (QED) is 0.0321. The fourth-order valence-corrected chi connectivity index (χ4v) is 9.34. The molecule has 0 aliphatic carbocycles. The van der Waals surface area contributed by atoms with Gasteiger partial charge in [0, 0.05) is 12.8 Å². The largest absolute Gasteiger partial charge is 0.466 e. The van der Waals surface area contributed by atoms with Crippen molar-refractivity contribution in [1.29, 1.82) is 0 Å². The van der Waals surface area contributed by atoms with Gasteiger partial charge in [-0.3, -0.25) is 9.59 Å². The lowest BCUT2D eigenvalue weighted by atomic mass is 10.0. The number of carbonyl (C=O) groups is 2. The lowest BCUT2D eigenvalue weighted by molar-refractivity contribution is -0.143. The zero-order chi connectivity index (χ0) is 48.6. The van der Waals surface area contributed by atoms with Crippen LogP contribution in [0.3, 0.4) is 0 Å². The van der Waals surface area contributed by atoms with Crippen LogP contribution >= 0.6 is 0 Å². The van der Waals surface area contributed by atoms with Gasteiger partial charge in [-0.05, 0) is 57.8 Å². The van der Waals surface area contributed by atoms with E-state index in [1.54, 1.807) is 6.08 Å². The summed E-state index contributed by atoms with van der Waals surface area (Å²) in [6, 6.07) is -0.624. The second-order valence-corrected chi connectivity index (χ2v) is 20.7. The Bertz CT molecular complexity index is 1040. The van der Waals surface area contributed by atoms with Crippen LogP contribution in [0.5, 0.6) is 0 Å². The number of esters is 1. The van der Waals surface area contributed by atoms with Crippen LogP contribution in [-0.2, 0) is 14.3 Å². The Hall–Kier alpha value is -1.66. The first kappa shape index (κ1) is 65.3. The first-order chi connectivity index (χ1) is 33.0. The van der Waals surface area contributed by atoms with Crippen molar-refractivity contribution in [2.24, 2.45) is 0 Å². The van der Waals surface area contributed by atoms with E-state index in [0.717, 1.165) is 44.9 Å². The number of rotatable bonds is 56. The lowest BCUT2D eigenvalue weighted by Gasteiger charge is -2.20. The molecule has 2 atom stereocenters. The van der Waals surface area contributed by atoms with Crippen molar-refractivity contribution in [3.05, 3.63) is 24.3 Å². The van der Waals surface area contributed by atoms with E-state index < -0.39 is 12.1 Å². The van der Waals surface area contributed by atoms with Crippen LogP contribution in [0.15, 0.2) is 24.3 Å². The molecule has 6 nitrogen and oxygen atoms in total. The third-order valence-electron chi connectivity index (χ3n) is 14.0. The van der Waals surface area contributed by atoms with Gasteiger partial charge in [0.2, 0.25) is 5.91 Å². The zero-order valence-corrected chi connectivity index (χ0v) is 45.1. The topological polar surface area (TPSA) is 95.9 Å². The minimum absolute atomic E-state index is 0.00856. The van der Waals surface area contributed by atoms with Crippen molar-refractivity contribution in [2.45, 2.75) is 341 Å². The minimum Gasteiger partial charge on any atom is -0.466 e. The molecule has 0 saturated carbocycles. The summed E-state index contributed by atoms with van der Waals surface area (Å²) in [5, 5.41) is 22.9. The standard InChI is InChI=1S/C61H117NO5/c1-3-5-7-9-11-13-14-15-16-29-32-35-39-43-47-51-55-61(66)67-56-52-48-44-40-36-33-30-27-25-23-21-19-17-18-20-22-24-26-28-31-34-38-42-46-50-54-60(65)62-58(57-63)59(64)53-49-45-41-37-12-10-8-6-4-2/h16,29,49,53,58-59,63-64H,3-15,17-28,30-48,50-52,54-57H2,1-2H3,(H,62,65)/b29-16-,53-49+. The molecule has 0 spiro atoms. The van der Waals surface area contributed by atoms with E-state index >= 15 is 0 Å². The number of unbranched alkanes of at least 4 members (excludes halogenated alkanes) is 43. The molecule has 0 aliphatic heterocycles. The van der Waals surface area contributed by atoms with Gasteiger partial charge in [0.1, 0.15) is 0 Å². The molecule has 0 aliphatic rings. The SMILES string of the molecule is CCCCCCCCC/C=C\CCCCCCCC(=O)OCCCCCCCCCCCCCCCCCCCCCCCCCCCC(=O)NC(CO)C(O)/C=C/CCCCCCCCC. The highest BCUT2D eigenvalue weighted by atomic mass is 16.5. The Labute approximate surface area is 418 Å². The van der Waals surface area contributed by atoms with Crippen LogP contribution < -0.4 is 5.32 Å².